The van der Waals surface area contributed by atoms with Crippen LogP contribution in [0.4, 0.5) is 0 Å². The van der Waals surface area contributed by atoms with Crippen LogP contribution in [-0.2, 0) is 13.0 Å². The largest absolute Gasteiger partial charge is 0.335 e. The van der Waals surface area contributed by atoms with Crippen LogP contribution in [0.5, 0.6) is 0 Å². The number of benzene rings is 9. The standard InChI is InChI=1S/C47H31N/c1-28-24-29(25-41-36-18-7-6-16-34(36)35-17-8-9-19-37(35)43(28)41)27-48-46-33-15-5-2-12-30(33)22-23-40(46)45-39-21-11-10-20-38(39)44-32-14-4-3-13-31(32)26-42(44)47(45)48/h2-25H,26-27H2,1H3. The highest BCUT2D eigenvalue weighted by molar-refractivity contribution is 6.29. The first-order chi connectivity index (χ1) is 23.7. The molecule has 1 heteroatoms. The first-order valence-corrected chi connectivity index (χ1v) is 17.0. The van der Waals surface area contributed by atoms with Crippen LogP contribution in [0.15, 0.2) is 146 Å². The Kier molecular flexibility index (Phi) is 5.21. The van der Waals surface area contributed by atoms with Crippen LogP contribution in [0, 0.1) is 6.92 Å². The Morgan fingerprint density at radius 2 is 1.08 bits per heavy atom. The highest BCUT2D eigenvalue weighted by Crippen LogP contribution is 2.49. The van der Waals surface area contributed by atoms with E-state index in [1.54, 1.807) is 0 Å². The van der Waals surface area contributed by atoms with Gasteiger partial charge in [-0.05, 0) is 94.8 Å². The van der Waals surface area contributed by atoms with Gasteiger partial charge in [-0.1, -0.05) is 140 Å². The van der Waals surface area contributed by atoms with Crippen molar-refractivity contribution >= 4 is 75.7 Å². The molecule has 1 aliphatic rings. The summed E-state index contributed by atoms with van der Waals surface area (Å²) in [7, 11) is 0. The fraction of sp³-hybridized carbons (Fsp3) is 0.0638. The van der Waals surface area contributed by atoms with Crippen LogP contribution in [0.3, 0.4) is 0 Å². The minimum Gasteiger partial charge on any atom is -0.335 e. The lowest BCUT2D eigenvalue weighted by molar-refractivity contribution is 0.868. The molecule has 0 fully saturated rings. The normalized spacial score (nSPS) is 12.7. The summed E-state index contributed by atoms with van der Waals surface area (Å²) >= 11 is 0. The van der Waals surface area contributed by atoms with Gasteiger partial charge >= 0.3 is 0 Å². The average Bonchev–Trinajstić information content (AvgIpc) is 3.68. The molecule has 1 heterocycles. The SMILES string of the molecule is Cc1cc(Cn2c3c4c(c5ccccc5c3c3ccc5ccccc5c32)-c2ccccc2C4)cc2c3ccccc3c3ccccc3c12. The molecule has 0 aliphatic heterocycles. The summed E-state index contributed by atoms with van der Waals surface area (Å²) in [6.45, 7) is 3.10. The van der Waals surface area contributed by atoms with Crippen molar-refractivity contribution < 1.29 is 0 Å². The van der Waals surface area contributed by atoms with Gasteiger partial charge in [0.15, 0.2) is 0 Å². The first kappa shape index (κ1) is 26.2. The maximum Gasteiger partial charge on any atom is 0.0574 e. The van der Waals surface area contributed by atoms with Gasteiger partial charge in [-0.3, -0.25) is 0 Å². The molecule has 1 nitrogen and oxygen atoms in total. The summed E-state index contributed by atoms with van der Waals surface area (Å²) in [5.41, 5.74) is 11.1. The molecule has 224 valence electrons. The van der Waals surface area contributed by atoms with Crippen LogP contribution in [-0.4, -0.2) is 4.57 Å². The molecule has 48 heavy (non-hydrogen) atoms. The van der Waals surface area contributed by atoms with E-state index in [9.17, 15) is 0 Å². The smallest absolute Gasteiger partial charge is 0.0574 e. The third-order valence-corrected chi connectivity index (χ3v) is 11.1. The molecule has 0 bridgehead atoms. The average molecular weight is 610 g/mol. The zero-order valence-electron chi connectivity index (χ0n) is 26.7. The molecule has 0 unspecified atom stereocenters. The Balaban J connectivity index is 1.29. The lowest BCUT2D eigenvalue weighted by Gasteiger charge is -2.17. The van der Waals surface area contributed by atoms with E-state index >= 15 is 0 Å². The highest BCUT2D eigenvalue weighted by Gasteiger charge is 2.28. The molecule has 9 aromatic carbocycles. The molecule has 0 saturated carbocycles. The zero-order chi connectivity index (χ0) is 31.5. The Hall–Kier alpha value is -5.92. The van der Waals surface area contributed by atoms with E-state index in [0.29, 0.717) is 0 Å². The summed E-state index contributed by atoms with van der Waals surface area (Å²) in [6, 6.07) is 54.5. The number of aryl methyl sites for hydroxylation is 1. The number of rotatable bonds is 2. The Labute approximate surface area is 278 Å². The van der Waals surface area contributed by atoms with Gasteiger partial charge in [0.25, 0.3) is 0 Å². The van der Waals surface area contributed by atoms with Crippen molar-refractivity contribution in [1.29, 1.82) is 0 Å². The third kappa shape index (κ3) is 3.40. The van der Waals surface area contributed by atoms with Gasteiger partial charge in [0, 0.05) is 29.1 Å². The fourth-order valence-electron chi connectivity index (χ4n) is 9.25. The van der Waals surface area contributed by atoms with Crippen molar-refractivity contribution in [2.24, 2.45) is 0 Å². The van der Waals surface area contributed by atoms with Gasteiger partial charge in [0.05, 0.1) is 11.0 Å². The van der Waals surface area contributed by atoms with E-state index in [4.69, 9.17) is 0 Å². The second-order valence-electron chi connectivity index (χ2n) is 13.7. The summed E-state index contributed by atoms with van der Waals surface area (Å²) in [5.74, 6) is 0. The first-order valence-electron chi connectivity index (χ1n) is 17.0. The Morgan fingerprint density at radius 3 is 1.88 bits per heavy atom. The summed E-state index contributed by atoms with van der Waals surface area (Å²) < 4.78 is 2.67. The van der Waals surface area contributed by atoms with Crippen molar-refractivity contribution in [1.82, 2.24) is 4.57 Å². The highest BCUT2D eigenvalue weighted by atomic mass is 15.0. The van der Waals surface area contributed by atoms with Crippen LogP contribution < -0.4 is 0 Å². The van der Waals surface area contributed by atoms with Crippen LogP contribution >= 0.6 is 0 Å². The van der Waals surface area contributed by atoms with Crippen molar-refractivity contribution in [2.45, 2.75) is 19.9 Å². The molecular weight excluding hydrogens is 579 g/mol. The van der Waals surface area contributed by atoms with E-state index in [2.05, 4.69) is 157 Å². The molecule has 0 saturated heterocycles. The molecule has 1 aromatic heterocycles. The van der Waals surface area contributed by atoms with Gasteiger partial charge in [0.1, 0.15) is 0 Å². The molecule has 0 spiro atoms. The van der Waals surface area contributed by atoms with Crippen LogP contribution in [0.25, 0.3) is 86.8 Å². The van der Waals surface area contributed by atoms with E-state index in [0.717, 1.165) is 13.0 Å². The topological polar surface area (TPSA) is 4.93 Å². The number of hydrogen-bond acceptors (Lipinski definition) is 0. The van der Waals surface area contributed by atoms with E-state index in [1.807, 2.05) is 0 Å². The van der Waals surface area contributed by atoms with E-state index in [1.165, 1.54) is 109 Å². The minimum absolute atomic E-state index is 0.799. The Morgan fingerprint density at radius 1 is 0.479 bits per heavy atom. The Bertz CT molecular complexity index is 3010. The van der Waals surface area contributed by atoms with Crippen molar-refractivity contribution in [2.75, 3.05) is 0 Å². The lowest BCUT2D eigenvalue weighted by atomic mass is 9.90. The van der Waals surface area contributed by atoms with Crippen molar-refractivity contribution in [3.63, 3.8) is 0 Å². The second kappa shape index (κ2) is 9.56. The second-order valence-corrected chi connectivity index (χ2v) is 13.7. The quantitative estimate of drug-likeness (QED) is 0.172. The van der Waals surface area contributed by atoms with Crippen LogP contribution in [0.2, 0.25) is 0 Å². The summed E-state index contributed by atoms with van der Waals surface area (Å²) in [5, 5.41) is 16.0. The molecule has 0 radical (unpaired) electrons. The van der Waals surface area contributed by atoms with Crippen molar-refractivity contribution in [3.8, 4) is 11.1 Å². The molecule has 11 rings (SSSR count). The minimum atomic E-state index is 0.799. The van der Waals surface area contributed by atoms with E-state index in [-0.39, 0.29) is 0 Å². The molecular formula is C47H31N. The van der Waals surface area contributed by atoms with E-state index < -0.39 is 0 Å². The van der Waals surface area contributed by atoms with Gasteiger partial charge < -0.3 is 4.57 Å². The molecule has 10 aromatic rings. The number of aromatic nitrogens is 1. The predicted molar refractivity (Wildman–Crippen MR) is 205 cm³/mol. The monoisotopic (exact) mass is 609 g/mol. The number of hydrogen-bond donors (Lipinski definition) is 0. The summed E-state index contributed by atoms with van der Waals surface area (Å²) in [4.78, 5) is 0. The molecule has 0 atom stereocenters. The summed E-state index contributed by atoms with van der Waals surface area (Å²) in [6.07, 6.45) is 0.953. The number of fused-ring (bicyclic) bond motifs is 18. The molecule has 0 N–H and O–H groups in total. The van der Waals surface area contributed by atoms with Gasteiger partial charge in [-0.15, -0.1) is 0 Å². The fourth-order valence-corrected chi connectivity index (χ4v) is 9.25. The van der Waals surface area contributed by atoms with Crippen molar-refractivity contribution in [3.05, 3.63) is 168 Å². The predicted octanol–water partition coefficient (Wildman–Crippen LogP) is 12.5. The van der Waals surface area contributed by atoms with Gasteiger partial charge in [-0.2, -0.15) is 0 Å². The zero-order valence-corrected chi connectivity index (χ0v) is 26.7. The third-order valence-electron chi connectivity index (χ3n) is 11.1. The molecule has 0 amide bonds. The van der Waals surface area contributed by atoms with Gasteiger partial charge in [0.2, 0.25) is 0 Å². The van der Waals surface area contributed by atoms with Crippen LogP contribution in [0.1, 0.15) is 22.3 Å². The lowest BCUT2D eigenvalue weighted by Crippen LogP contribution is -2.03. The maximum atomic E-state index is 2.67. The number of nitrogens with zero attached hydrogens (tertiary/aromatic N) is 1. The maximum absolute atomic E-state index is 2.67. The molecule has 1 aliphatic carbocycles. The van der Waals surface area contributed by atoms with Gasteiger partial charge in [-0.25, -0.2) is 0 Å².